The molecule has 0 radical (unpaired) electrons. The third-order valence-corrected chi connectivity index (χ3v) is 2.82. The molecule has 2 rings (SSSR count). The zero-order chi connectivity index (χ0) is 10.8. The van der Waals surface area contributed by atoms with E-state index >= 15 is 0 Å². The second-order valence-corrected chi connectivity index (χ2v) is 3.81. The van der Waals surface area contributed by atoms with Crippen LogP contribution < -0.4 is 10.2 Å². The maximum Gasteiger partial charge on any atom is 0.168 e. The van der Waals surface area contributed by atoms with E-state index in [-0.39, 0.29) is 0 Å². The average molecular weight is 233 g/mol. The van der Waals surface area contributed by atoms with Crippen LogP contribution in [0, 0.1) is 11.6 Å². The van der Waals surface area contributed by atoms with E-state index in [1.807, 2.05) is 4.90 Å². The number of benzene rings is 1. The van der Waals surface area contributed by atoms with E-state index in [9.17, 15) is 8.78 Å². The third-order valence-electron chi connectivity index (χ3n) is 2.47. The Morgan fingerprint density at radius 3 is 2.53 bits per heavy atom. The number of hydrogen-bond acceptors (Lipinski definition) is 2. The summed E-state index contributed by atoms with van der Waals surface area (Å²) in [5.74, 6) is -1.38. The molecule has 1 aliphatic rings. The van der Waals surface area contributed by atoms with Gasteiger partial charge in [-0.1, -0.05) is 11.6 Å². The molecule has 82 valence electrons. The Hall–Kier alpha value is -0.870. The molecule has 0 atom stereocenters. The fourth-order valence-electron chi connectivity index (χ4n) is 1.67. The second-order valence-electron chi connectivity index (χ2n) is 3.43. The number of nitrogens with one attached hydrogen (secondary N) is 1. The highest BCUT2D eigenvalue weighted by Gasteiger charge is 2.18. The number of halogens is 3. The minimum absolute atomic E-state index is 0.378. The van der Waals surface area contributed by atoms with Gasteiger partial charge in [-0.05, 0) is 12.1 Å². The summed E-state index contributed by atoms with van der Waals surface area (Å²) in [4.78, 5) is 1.86. The lowest BCUT2D eigenvalue weighted by molar-refractivity contribution is 0.554. The summed E-state index contributed by atoms with van der Waals surface area (Å²) in [6.45, 7) is 3.01. The van der Waals surface area contributed by atoms with Crippen LogP contribution in [0.3, 0.4) is 0 Å². The number of nitrogens with zero attached hydrogens (tertiary/aromatic N) is 1. The Balaban J connectivity index is 2.31. The largest absolute Gasteiger partial charge is 0.367 e. The van der Waals surface area contributed by atoms with Gasteiger partial charge in [0.2, 0.25) is 0 Å². The van der Waals surface area contributed by atoms with Gasteiger partial charge in [0, 0.05) is 26.2 Å². The lowest BCUT2D eigenvalue weighted by atomic mass is 10.2. The summed E-state index contributed by atoms with van der Waals surface area (Å²) in [6, 6.07) is 2.63. The minimum Gasteiger partial charge on any atom is -0.367 e. The van der Waals surface area contributed by atoms with E-state index in [2.05, 4.69) is 5.32 Å². The monoisotopic (exact) mass is 232 g/mol. The average Bonchev–Trinajstić information content (AvgIpc) is 2.27. The molecule has 1 fully saturated rings. The lowest BCUT2D eigenvalue weighted by Crippen LogP contribution is -2.43. The van der Waals surface area contributed by atoms with Crippen LogP contribution in [-0.2, 0) is 0 Å². The van der Waals surface area contributed by atoms with Crippen LogP contribution in [0.5, 0.6) is 0 Å². The molecular formula is C10H11ClF2N2. The van der Waals surface area contributed by atoms with Crippen LogP contribution in [0.2, 0.25) is 5.02 Å². The van der Waals surface area contributed by atoms with E-state index in [0.717, 1.165) is 13.1 Å². The molecular weight excluding hydrogens is 222 g/mol. The first-order valence-corrected chi connectivity index (χ1v) is 5.17. The Morgan fingerprint density at radius 1 is 1.20 bits per heavy atom. The summed E-state index contributed by atoms with van der Waals surface area (Å²) in [5.41, 5.74) is 0.378. The minimum atomic E-state index is -0.715. The van der Waals surface area contributed by atoms with Crippen molar-refractivity contribution in [2.75, 3.05) is 31.1 Å². The number of rotatable bonds is 1. The molecule has 0 spiro atoms. The number of anilines is 1. The normalized spacial score (nSPS) is 16.9. The first kappa shape index (κ1) is 10.6. The Morgan fingerprint density at radius 2 is 1.87 bits per heavy atom. The molecule has 0 aromatic heterocycles. The molecule has 1 heterocycles. The summed E-state index contributed by atoms with van der Waals surface area (Å²) in [6.07, 6.45) is 0. The predicted molar refractivity (Wildman–Crippen MR) is 56.5 cm³/mol. The molecule has 0 bridgehead atoms. The summed E-state index contributed by atoms with van der Waals surface area (Å²) in [7, 11) is 0. The van der Waals surface area contributed by atoms with Gasteiger partial charge in [-0.3, -0.25) is 0 Å². The third kappa shape index (κ3) is 2.06. The van der Waals surface area contributed by atoms with Crippen molar-refractivity contribution in [1.29, 1.82) is 0 Å². The fourth-order valence-corrected chi connectivity index (χ4v) is 1.83. The lowest BCUT2D eigenvalue weighted by Gasteiger charge is -2.29. The fraction of sp³-hybridized carbons (Fsp3) is 0.400. The summed E-state index contributed by atoms with van der Waals surface area (Å²) >= 11 is 5.51. The standard InChI is InChI=1S/C10H11ClF2N2/c11-9-7(12)1-2-8(10(9)13)15-5-3-14-4-6-15/h1-2,14H,3-6H2. The first-order chi connectivity index (χ1) is 7.20. The molecule has 15 heavy (non-hydrogen) atoms. The quantitative estimate of drug-likeness (QED) is 0.746. The van der Waals surface area contributed by atoms with E-state index < -0.39 is 16.7 Å². The molecule has 2 nitrogen and oxygen atoms in total. The van der Waals surface area contributed by atoms with Gasteiger partial charge >= 0.3 is 0 Å². The summed E-state index contributed by atoms with van der Waals surface area (Å²) < 4.78 is 26.5. The molecule has 0 unspecified atom stereocenters. The molecule has 0 saturated carbocycles. The van der Waals surface area contributed by atoms with E-state index in [1.54, 1.807) is 0 Å². The van der Waals surface area contributed by atoms with Crippen molar-refractivity contribution >= 4 is 17.3 Å². The Bertz CT molecular complexity index is 365. The number of piperazine rings is 1. The molecule has 1 aliphatic heterocycles. The maximum absolute atomic E-state index is 13.6. The zero-order valence-electron chi connectivity index (χ0n) is 8.06. The van der Waals surface area contributed by atoms with Crippen molar-refractivity contribution < 1.29 is 8.78 Å². The predicted octanol–water partition coefficient (Wildman–Crippen LogP) is 2.03. The SMILES string of the molecule is Fc1ccc(N2CCNCC2)c(F)c1Cl. The van der Waals surface area contributed by atoms with E-state index in [0.29, 0.717) is 18.8 Å². The van der Waals surface area contributed by atoms with Crippen LogP contribution in [0.15, 0.2) is 12.1 Å². The molecule has 1 aromatic carbocycles. The van der Waals surface area contributed by atoms with E-state index in [4.69, 9.17) is 11.6 Å². The van der Waals surface area contributed by atoms with E-state index in [1.165, 1.54) is 12.1 Å². The smallest absolute Gasteiger partial charge is 0.168 e. The van der Waals surface area contributed by atoms with Crippen molar-refractivity contribution in [1.82, 2.24) is 5.32 Å². The molecule has 0 aliphatic carbocycles. The van der Waals surface area contributed by atoms with Crippen LogP contribution >= 0.6 is 11.6 Å². The maximum atomic E-state index is 13.6. The molecule has 1 aromatic rings. The van der Waals surface area contributed by atoms with Gasteiger partial charge in [0.05, 0.1) is 5.69 Å². The Kier molecular flexibility index (Phi) is 3.07. The second kappa shape index (κ2) is 4.33. The Labute approximate surface area is 91.8 Å². The first-order valence-electron chi connectivity index (χ1n) is 4.79. The van der Waals surface area contributed by atoms with Gasteiger partial charge in [-0.25, -0.2) is 8.78 Å². The van der Waals surface area contributed by atoms with Crippen LogP contribution in [0.1, 0.15) is 0 Å². The summed E-state index contributed by atoms with van der Waals surface area (Å²) in [5, 5.41) is 2.73. The van der Waals surface area contributed by atoms with Gasteiger partial charge < -0.3 is 10.2 Å². The highest BCUT2D eigenvalue weighted by Crippen LogP contribution is 2.28. The van der Waals surface area contributed by atoms with Crippen molar-refractivity contribution in [3.63, 3.8) is 0 Å². The van der Waals surface area contributed by atoms with Gasteiger partial charge in [0.1, 0.15) is 10.8 Å². The van der Waals surface area contributed by atoms with Crippen molar-refractivity contribution in [3.8, 4) is 0 Å². The van der Waals surface area contributed by atoms with Crippen LogP contribution in [0.4, 0.5) is 14.5 Å². The van der Waals surface area contributed by atoms with Crippen molar-refractivity contribution in [3.05, 3.63) is 28.8 Å². The molecule has 1 N–H and O–H groups in total. The van der Waals surface area contributed by atoms with Crippen molar-refractivity contribution in [2.24, 2.45) is 0 Å². The van der Waals surface area contributed by atoms with Gasteiger partial charge in [-0.15, -0.1) is 0 Å². The van der Waals surface area contributed by atoms with Gasteiger partial charge in [0.15, 0.2) is 5.82 Å². The highest BCUT2D eigenvalue weighted by molar-refractivity contribution is 6.31. The van der Waals surface area contributed by atoms with Crippen LogP contribution in [-0.4, -0.2) is 26.2 Å². The van der Waals surface area contributed by atoms with Crippen molar-refractivity contribution in [2.45, 2.75) is 0 Å². The van der Waals surface area contributed by atoms with Crippen LogP contribution in [0.25, 0.3) is 0 Å². The number of hydrogen-bond donors (Lipinski definition) is 1. The molecule has 1 saturated heterocycles. The van der Waals surface area contributed by atoms with Gasteiger partial charge in [0.25, 0.3) is 0 Å². The zero-order valence-corrected chi connectivity index (χ0v) is 8.82. The molecule has 5 heteroatoms. The van der Waals surface area contributed by atoms with Gasteiger partial charge in [-0.2, -0.15) is 0 Å². The topological polar surface area (TPSA) is 15.3 Å². The molecule has 0 amide bonds. The highest BCUT2D eigenvalue weighted by atomic mass is 35.5.